The first-order chi connectivity index (χ1) is 13.1. The number of benzene rings is 2. The molecule has 27 heavy (non-hydrogen) atoms. The lowest BCUT2D eigenvalue weighted by atomic mass is 10.2. The predicted octanol–water partition coefficient (Wildman–Crippen LogP) is 3.00. The summed E-state index contributed by atoms with van der Waals surface area (Å²) < 4.78 is 15.7. The van der Waals surface area contributed by atoms with Gasteiger partial charge in [-0.2, -0.15) is 5.10 Å². The maximum Gasteiger partial charge on any atom is 0.329 e. The normalized spacial score (nSPS) is 14.6. The van der Waals surface area contributed by atoms with E-state index in [0.717, 1.165) is 6.08 Å². The summed E-state index contributed by atoms with van der Waals surface area (Å²) in [5.41, 5.74) is 1.64. The van der Waals surface area contributed by atoms with Gasteiger partial charge in [0.05, 0.1) is 17.4 Å². The first-order valence-electron chi connectivity index (χ1n) is 8.27. The van der Waals surface area contributed by atoms with E-state index < -0.39 is 11.8 Å². The van der Waals surface area contributed by atoms with Crippen LogP contribution in [0.15, 0.2) is 60.9 Å². The van der Waals surface area contributed by atoms with Crippen molar-refractivity contribution in [1.82, 2.24) is 14.7 Å². The van der Waals surface area contributed by atoms with Crippen molar-refractivity contribution in [1.29, 1.82) is 0 Å². The molecule has 0 atom stereocenters. The molecule has 0 bridgehead atoms. The van der Waals surface area contributed by atoms with Crippen LogP contribution in [-0.4, -0.2) is 44.9 Å². The summed E-state index contributed by atoms with van der Waals surface area (Å²) in [4.78, 5) is 26.2. The highest BCUT2D eigenvalue weighted by molar-refractivity contribution is 6.04. The number of carbonyl (C=O) groups excluding carboxylic acids is 1. The number of urea groups is 1. The van der Waals surface area contributed by atoms with Gasteiger partial charge in [-0.1, -0.05) is 18.2 Å². The van der Waals surface area contributed by atoms with Gasteiger partial charge in [-0.3, -0.25) is 9.80 Å². The standard InChI is InChI=1S/C19H15FN4O3/c20-14-4-1-2-5-17(14)24-16-7-3-6-15(13(16)12-21-24)23-11-10-22(19(23)27)9-8-18(25)26/h1-9,12H,10-11H2,(H,25,26). The molecule has 1 aliphatic rings. The smallest absolute Gasteiger partial charge is 0.329 e. The molecule has 0 aliphatic carbocycles. The van der Waals surface area contributed by atoms with Crippen molar-refractivity contribution < 1.29 is 19.1 Å². The number of anilines is 1. The number of carboxylic acid groups (broad SMARTS) is 1. The summed E-state index contributed by atoms with van der Waals surface area (Å²) in [5.74, 6) is -1.51. The van der Waals surface area contributed by atoms with Gasteiger partial charge in [0.25, 0.3) is 0 Å². The number of nitrogens with zero attached hydrogens (tertiary/aromatic N) is 4. The van der Waals surface area contributed by atoms with E-state index in [0.29, 0.717) is 35.4 Å². The van der Waals surface area contributed by atoms with Gasteiger partial charge in [-0.15, -0.1) is 0 Å². The van der Waals surface area contributed by atoms with E-state index in [1.807, 2.05) is 0 Å². The zero-order valence-electron chi connectivity index (χ0n) is 14.1. The molecule has 2 aromatic carbocycles. The van der Waals surface area contributed by atoms with Crippen LogP contribution in [0.2, 0.25) is 0 Å². The molecule has 2 amide bonds. The van der Waals surface area contributed by atoms with Gasteiger partial charge in [0, 0.05) is 30.8 Å². The van der Waals surface area contributed by atoms with E-state index in [9.17, 15) is 14.0 Å². The molecule has 0 spiro atoms. The number of rotatable bonds is 4. The Balaban J connectivity index is 1.73. The lowest BCUT2D eigenvalue weighted by Gasteiger charge is -2.17. The molecule has 3 aromatic rings. The molecule has 0 saturated carbocycles. The van der Waals surface area contributed by atoms with E-state index in [1.165, 1.54) is 21.8 Å². The van der Waals surface area contributed by atoms with Gasteiger partial charge in [0.15, 0.2) is 0 Å². The number of para-hydroxylation sites is 1. The molecular formula is C19H15FN4O3. The highest BCUT2D eigenvalue weighted by Crippen LogP contribution is 2.31. The Morgan fingerprint density at radius 1 is 1.11 bits per heavy atom. The molecular weight excluding hydrogens is 351 g/mol. The zero-order valence-corrected chi connectivity index (χ0v) is 14.1. The fourth-order valence-electron chi connectivity index (χ4n) is 3.16. The molecule has 1 saturated heterocycles. The summed E-state index contributed by atoms with van der Waals surface area (Å²) >= 11 is 0. The molecule has 1 N–H and O–H groups in total. The highest BCUT2D eigenvalue weighted by Gasteiger charge is 2.29. The maximum atomic E-state index is 14.2. The number of halogens is 1. The van der Waals surface area contributed by atoms with Crippen LogP contribution >= 0.6 is 0 Å². The number of fused-ring (bicyclic) bond motifs is 1. The molecule has 8 heteroatoms. The molecule has 1 aliphatic heterocycles. The minimum absolute atomic E-state index is 0.321. The van der Waals surface area contributed by atoms with E-state index in [2.05, 4.69) is 5.10 Å². The van der Waals surface area contributed by atoms with Crippen LogP contribution in [0.4, 0.5) is 14.9 Å². The van der Waals surface area contributed by atoms with Crippen molar-refractivity contribution in [3.63, 3.8) is 0 Å². The van der Waals surface area contributed by atoms with Crippen LogP contribution < -0.4 is 4.90 Å². The number of amides is 2. The van der Waals surface area contributed by atoms with E-state index in [4.69, 9.17) is 5.11 Å². The monoisotopic (exact) mass is 366 g/mol. The Bertz CT molecular complexity index is 1080. The average molecular weight is 366 g/mol. The van der Waals surface area contributed by atoms with Crippen molar-refractivity contribution >= 4 is 28.6 Å². The lowest BCUT2D eigenvalue weighted by molar-refractivity contribution is -0.131. The fraction of sp³-hybridized carbons (Fsp3) is 0.105. The predicted molar refractivity (Wildman–Crippen MR) is 97.3 cm³/mol. The molecule has 1 fully saturated rings. The first kappa shape index (κ1) is 16.8. The van der Waals surface area contributed by atoms with Gasteiger partial charge in [-0.05, 0) is 24.3 Å². The summed E-state index contributed by atoms with van der Waals surface area (Å²) in [6.45, 7) is 0.785. The third kappa shape index (κ3) is 2.91. The molecule has 7 nitrogen and oxygen atoms in total. The van der Waals surface area contributed by atoms with Gasteiger partial charge < -0.3 is 5.11 Å². The second-order valence-corrected chi connectivity index (χ2v) is 6.00. The van der Waals surface area contributed by atoms with Gasteiger partial charge in [-0.25, -0.2) is 18.7 Å². The summed E-state index contributed by atoms with van der Waals surface area (Å²) in [6, 6.07) is 11.4. The lowest BCUT2D eigenvalue weighted by Crippen LogP contribution is -2.28. The second kappa shape index (κ2) is 6.56. The quantitative estimate of drug-likeness (QED) is 0.720. The van der Waals surface area contributed by atoms with Crippen LogP contribution in [0.5, 0.6) is 0 Å². The Morgan fingerprint density at radius 3 is 2.67 bits per heavy atom. The zero-order chi connectivity index (χ0) is 19.0. The van der Waals surface area contributed by atoms with Crippen LogP contribution in [0.25, 0.3) is 16.6 Å². The fourth-order valence-corrected chi connectivity index (χ4v) is 3.16. The average Bonchev–Trinajstić information content (AvgIpc) is 3.24. The summed E-state index contributed by atoms with van der Waals surface area (Å²) in [5, 5.41) is 13.7. The number of hydrogen-bond acceptors (Lipinski definition) is 3. The Hall–Kier alpha value is -3.68. The van der Waals surface area contributed by atoms with Gasteiger partial charge in [0.1, 0.15) is 11.5 Å². The number of aromatic nitrogens is 2. The van der Waals surface area contributed by atoms with Gasteiger partial charge >= 0.3 is 12.0 Å². The highest BCUT2D eigenvalue weighted by atomic mass is 19.1. The molecule has 4 rings (SSSR count). The van der Waals surface area contributed by atoms with Crippen molar-refractivity contribution in [3.8, 4) is 5.69 Å². The van der Waals surface area contributed by atoms with Crippen LogP contribution in [0.1, 0.15) is 0 Å². The topological polar surface area (TPSA) is 78.7 Å². The molecule has 136 valence electrons. The number of carboxylic acids is 1. The Morgan fingerprint density at radius 2 is 1.89 bits per heavy atom. The maximum absolute atomic E-state index is 14.2. The molecule has 1 aromatic heterocycles. The number of aliphatic carboxylic acids is 1. The van der Waals surface area contributed by atoms with Crippen molar-refractivity contribution in [2.75, 3.05) is 18.0 Å². The molecule has 0 unspecified atom stereocenters. The first-order valence-corrected chi connectivity index (χ1v) is 8.27. The Kier molecular flexibility index (Phi) is 4.08. The third-order valence-electron chi connectivity index (χ3n) is 4.40. The summed E-state index contributed by atoms with van der Waals surface area (Å²) in [6.07, 6.45) is 3.78. The minimum atomic E-state index is -1.12. The van der Waals surface area contributed by atoms with Crippen LogP contribution in [0.3, 0.4) is 0 Å². The SMILES string of the molecule is O=C(O)C=CN1CCN(c2cccc3c2cnn3-c2ccccc2F)C1=O. The van der Waals surface area contributed by atoms with Crippen LogP contribution in [0, 0.1) is 5.82 Å². The summed E-state index contributed by atoms with van der Waals surface area (Å²) in [7, 11) is 0. The van der Waals surface area contributed by atoms with Crippen LogP contribution in [-0.2, 0) is 4.79 Å². The molecule has 0 radical (unpaired) electrons. The van der Waals surface area contributed by atoms with E-state index in [1.54, 1.807) is 47.5 Å². The van der Waals surface area contributed by atoms with E-state index in [-0.39, 0.29) is 6.03 Å². The number of carbonyl (C=O) groups is 2. The van der Waals surface area contributed by atoms with Crippen molar-refractivity contribution in [2.24, 2.45) is 0 Å². The Labute approximate surface area is 153 Å². The second-order valence-electron chi connectivity index (χ2n) is 6.00. The van der Waals surface area contributed by atoms with Gasteiger partial charge in [0.2, 0.25) is 0 Å². The molecule has 2 heterocycles. The minimum Gasteiger partial charge on any atom is -0.478 e. The third-order valence-corrected chi connectivity index (χ3v) is 4.40. The van der Waals surface area contributed by atoms with Crippen molar-refractivity contribution in [2.45, 2.75) is 0 Å². The number of hydrogen-bond donors (Lipinski definition) is 1. The largest absolute Gasteiger partial charge is 0.478 e. The van der Waals surface area contributed by atoms with E-state index >= 15 is 0 Å². The van der Waals surface area contributed by atoms with Crippen molar-refractivity contribution in [3.05, 3.63) is 66.8 Å².